The number of nitrogens with one attached hydrogen (secondary N) is 1. The number of thioether (sulfide) groups is 1. The number of carboxylic acids is 1. The Morgan fingerprint density at radius 3 is 2.47 bits per heavy atom. The first-order chi connectivity index (χ1) is 9.06. The summed E-state index contributed by atoms with van der Waals surface area (Å²) in [7, 11) is 0. The lowest BCUT2D eigenvalue weighted by molar-refractivity contribution is -0.133. The zero-order chi connectivity index (χ0) is 14.3. The second kappa shape index (κ2) is 7.04. The van der Waals surface area contributed by atoms with Gasteiger partial charge in [0.25, 0.3) is 0 Å². The van der Waals surface area contributed by atoms with Gasteiger partial charge in [-0.05, 0) is 18.2 Å². The van der Waals surface area contributed by atoms with Crippen molar-refractivity contribution in [1.82, 2.24) is 0 Å². The van der Waals surface area contributed by atoms with Crippen LogP contribution in [0.3, 0.4) is 0 Å². The summed E-state index contributed by atoms with van der Waals surface area (Å²) >= 11 is 0.977. The average Bonchev–Trinajstić information content (AvgIpc) is 2.38. The third-order valence-electron chi connectivity index (χ3n) is 2.00. The number of hydrogen-bond acceptors (Lipinski definition) is 5. The monoisotopic (exact) mass is 275 g/mol. The number of hydrogen-bond donors (Lipinski definition) is 2. The van der Waals surface area contributed by atoms with Gasteiger partial charge in [-0.15, -0.1) is 11.8 Å². The fourth-order valence-electron chi connectivity index (χ4n) is 1.24. The smallest absolute Gasteiger partial charge is 0.313 e. The Morgan fingerprint density at radius 1 is 1.21 bits per heavy atom. The lowest BCUT2D eigenvalue weighted by Gasteiger charge is -2.05. The predicted molar refractivity (Wildman–Crippen MR) is 69.5 cm³/mol. The third kappa shape index (κ3) is 4.70. The standard InChI is InChI=1S/C12H9N3O3S/c13-4-8-1-2-10(3-9(8)5-14)15-11(16)6-19-7-12(17)18/h1-3H,6-7H2,(H,15,16)(H,17,18). The molecule has 0 saturated heterocycles. The van der Waals surface area contributed by atoms with E-state index in [2.05, 4.69) is 5.32 Å². The molecule has 0 atom stereocenters. The number of benzene rings is 1. The van der Waals surface area contributed by atoms with Crippen LogP contribution in [0.25, 0.3) is 0 Å². The van der Waals surface area contributed by atoms with Gasteiger partial charge >= 0.3 is 5.97 Å². The van der Waals surface area contributed by atoms with E-state index < -0.39 is 5.97 Å². The highest BCUT2D eigenvalue weighted by molar-refractivity contribution is 8.00. The number of nitrogens with zero attached hydrogens (tertiary/aromatic N) is 2. The van der Waals surface area contributed by atoms with Gasteiger partial charge in [0.1, 0.15) is 12.1 Å². The van der Waals surface area contributed by atoms with E-state index in [0.29, 0.717) is 5.69 Å². The summed E-state index contributed by atoms with van der Waals surface area (Å²) in [5, 5.41) is 28.5. The Kier molecular flexibility index (Phi) is 5.39. The van der Waals surface area contributed by atoms with Crippen LogP contribution in [0, 0.1) is 22.7 Å². The maximum Gasteiger partial charge on any atom is 0.313 e. The molecule has 2 N–H and O–H groups in total. The molecule has 6 nitrogen and oxygen atoms in total. The molecule has 0 unspecified atom stereocenters. The Morgan fingerprint density at radius 2 is 1.89 bits per heavy atom. The number of anilines is 1. The summed E-state index contributed by atoms with van der Waals surface area (Å²) in [6, 6.07) is 8.09. The van der Waals surface area contributed by atoms with Crippen LogP contribution in [-0.4, -0.2) is 28.5 Å². The first-order valence-corrected chi connectivity index (χ1v) is 6.26. The normalized spacial score (nSPS) is 9.16. The lowest BCUT2D eigenvalue weighted by atomic mass is 10.1. The maximum absolute atomic E-state index is 11.5. The van der Waals surface area contributed by atoms with Crippen molar-refractivity contribution in [3.8, 4) is 12.1 Å². The van der Waals surface area contributed by atoms with Gasteiger partial charge in [0.05, 0.1) is 22.6 Å². The molecule has 96 valence electrons. The quantitative estimate of drug-likeness (QED) is 0.834. The summed E-state index contributed by atoms with van der Waals surface area (Å²) in [4.78, 5) is 21.7. The van der Waals surface area contributed by atoms with Crippen molar-refractivity contribution in [3.05, 3.63) is 29.3 Å². The molecule has 0 radical (unpaired) electrons. The minimum absolute atomic E-state index is 0.00812. The summed E-state index contributed by atoms with van der Waals surface area (Å²) in [5.41, 5.74) is 0.815. The molecule has 1 aromatic rings. The third-order valence-corrected chi connectivity index (χ3v) is 2.92. The summed E-state index contributed by atoms with van der Waals surface area (Å²) < 4.78 is 0. The van der Waals surface area contributed by atoms with Gasteiger partial charge in [-0.3, -0.25) is 9.59 Å². The fourth-order valence-corrected chi connectivity index (χ4v) is 1.77. The molecule has 1 amide bonds. The van der Waals surface area contributed by atoms with E-state index in [1.54, 1.807) is 0 Å². The van der Waals surface area contributed by atoms with Crippen LogP contribution in [0.4, 0.5) is 5.69 Å². The van der Waals surface area contributed by atoms with Crippen molar-refractivity contribution in [1.29, 1.82) is 10.5 Å². The maximum atomic E-state index is 11.5. The van der Waals surface area contributed by atoms with Gasteiger partial charge in [0.2, 0.25) is 5.91 Å². The molecule has 0 saturated carbocycles. The fraction of sp³-hybridized carbons (Fsp3) is 0.167. The molecule has 7 heteroatoms. The first-order valence-electron chi connectivity index (χ1n) is 5.10. The van der Waals surface area contributed by atoms with E-state index in [4.69, 9.17) is 15.6 Å². The second-order valence-electron chi connectivity index (χ2n) is 3.42. The summed E-state index contributed by atoms with van der Waals surface area (Å²) in [5.74, 6) is -1.49. The summed E-state index contributed by atoms with van der Waals surface area (Å²) in [6.45, 7) is 0. The van der Waals surface area contributed by atoms with Gasteiger partial charge < -0.3 is 10.4 Å². The van der Waals surface area contributed by atoms with Gasteiger partial charge in [0, 0.05) is 5.69 Å². The highest BCUT2D eigenvalue weighted by atomic mass is 32.2. The van der Waals surface area contributed by atoms with E-state index in [0.717, 1.165) is 11.8 Å². The molecule has 0 bridgehead atoms. The van der Waals surface area contributed by atoms with E-state index in [1.807, 2.05) is 12.1 Å². The zero-order valence-electron chi connectivity index (χ0n) is 9.71. The number of carbonyl (C=O) groups excluding carboxylic acids is 1. The topological polar surface area (TPSA) is 114 Å². The Hall–Kier alpha value is -2.51. The van der Waals surface area contributed by atoms with Crippen LogP contribution in [0.15, 0.2) is 18.2 Å². The minimum Gasteiger partial charge on any atom is -0.481 e. The van der Waals surface area contributed by atoms with Crippen molar-refractivity contribution >= 4 is 29.3 Å². The molecule has 0 aliphatic rings. The highest BCUT2D eigenvalue weighted by Crippen LogP contribution is 2.15. The van der Waals surface area contributed by atoms with Crippen LogP contribution < -0.4 is 5.32 Å². The first kappa shape index (κ1) is 14.6. The Balaban J connectivity index is 2.63. The van der Waals surface area contributed by atoms with Gasteiger partial charge in [-0.25, -0.2) is 0 Å². The Bertz CT molecular complexity index is 587. The molecule has 0 aliphatic carbocycles. The zero-order valence-corrected chi connectivity index (χ0v) is 10.5. The molecule has 0 heterocycles. The Labute approximate surface area is 113 Å². The molecule has 0 aliphatic heterocycles. The second-order valence-corrected chi connectivity index (χ2v) is 4.40. The number of nitriles is 2. The molecule has 1 aromatic carbocycles. The van der Waals surface area contributed by atoms with Gasteiger partial charge in [0.15, 0.2) is 0 Å². The van der Waals surface area contributed by atoms with Crippen molar-refractivity contribution in [3.63, 3.8) is 0 Å². The van der Waals surface area contributed by atoms with Crippen molar-refractivity contribution in [2.24, 2.45) is 0 Å². The van der Waals surface area contributed by atoms with Crippen LogP contribution in [0.2, 0.25) is 0 Å². The van der Waals surface area contributed by atoms with Gasteiger partial charge in [-0.1, -0.05) is 0 Å². The van der Waals surface area contributed by atoms with E-state index in [9.17, 15) is 9.59 Å². The van der Waals surface area contributed by atoms with Crippen LogP contribution in [0.5, 0.6) is 0 Å². The predicted octanol–water partition coefficient (Wildman–Crippen LogP) is 1.19. The largest absolute Gasteiger partial charge is 0.481 e. The van der Waals surface area contributed by atoms with Crippen molar-refractivity contribution in [2.45, 2.75) is 0 Å². The van der Waals surface area contributed by atoms with E-state index in [1.165, 1.54) is 18.2 Å². The van der Waals surface area contributed by atoms with E-state index in [-0.39, 0.29) is 28.5 Å². The van der Waals surface area contributed by atoms with Gasteiger partial charge in [-0.2, -0.15) is 10.5 Å². The molecule has 19 heavy (non-hydrogen) atoms. The van der Waals surface area contributed by atoms with Crippen molar-refractivity contribution in [2.75, 3.05) is 16.8 Å². The lowest BCUT2D eigenvalue weighted by Crippen LogP contribution is -2.15. The highest BCUT2D eigenvalue weighted by Gasteiger charge is 2.07. The number of aliphatic carboxylic acids is 1. The van der Waals surface area contributed by atoms with Crippen LogP contribution in [-0.2, 0) is 9.59 Å². The molecular formula is C12H9N3O3S. The van der Waals surface area contributed by atoms with Crippen LogP contribution in [0.1, 0.15) is 11.1 Å². The SMILES string of the molecule is N#Cc1ccc(NC(=O)CSCC(=O)O)cc1C#N. The van der Waals surface area contributed by atoms with Crippen LogP contribution >= 0.6 is 11.8 Å². The molecule has 0 spiro atoms. The number of carbonyl (C=O) groups is 2. The van der Waals surface area contributed by atoms with E-state index >= 15 is 0 Å². The summed E-state index contributed by atoms with van der Waals surface area (Å²) in [6.07, 6.45) is 0. The molecule has 0 aromatic heterocycles. The number of carboxylic acid groups (broad SMARTS) is 1. The molecular weight excluding hydrogens is 266 g/mol. The average molecular weight is 275 g/mol. The number of rotatable bonds is 5. The molecule has 1 rings (SSSR count). The van der Waals surface area contributed by atoms with Crippen molar-refractivity contribution < 1.29 is 14.7 Å². The number of amides is 1. The molecule has 0 fully saturated rings. The minimum atomic E-state index is -0.983.